The van der Waals surface area contributed by atoms with E-state index in [0.717, 1.165) is 12.8 Å². The van der Waals surface area contributed by atoms with Crippen LogP contribution in [0.1, 0.15) is 32.6 Å². The minimum absolute atomic E-state index is 0.0543. The van der Waals surface area contributed by atoms with Crippen molar-refractivity contribution in [2.75, 3.05) is 20.1 Å². The standard InChI is InChI=1S/C12H22N2O3/c1-3-9-5-7-14(10(8-9)12(16)17)11(15)4-6-13-2/h9-10,13H,3-8H2,1-2H3,(H,16,17). The van der Waals surface area contributed by atoms with E-state index in [1.165, 1.54) is 4.90 Å². The fraction of sp³-hybridized carbons (Fsp3) is 0.833. The summed E-state index contributed by atoms with van der Waals surface area (Å²) in [4.78, 5) is 24.6. The Morgan fingerprint density at radius 1 is 1.47 bits per heavy atom. The average molecular weight is 242 g/mol. The number of hydrogen-bond acceptors (Lipinski definition) is 3. The molecule has 5 heteroatoms. The molecule has 2 unspecified atom stereocenters. The van der Waals surface area contributed by atoms with E-state index in [1.54, 1.807) is 7.05 Å². The molecule has 0 saturated carbocycles. The normalized spacial score (nSPS) is 24.7. The van der Waals surface area contributed by atoms with Gasteiger partial charge in [-0.05, 0) is 25.8 Å². The molecule has 1 saturated heterocycles. The topological polar surface area (TPSA) is 69.6 Å². The number of aliphatic carboxylic acids is 1. The Balaban J connectivity index is 2.63. The summed E-state index contributed by atoms with van der Waals surface area (Å²) in [5.41, 5.74) is 0. The van der Waals surface area contributed by atoms with Crippen LogP contribution >= 0.6 is 0 Å². The van der Waals surface area contributed by atoms with Gasteiger partial charge in [-0.2, -0.15) is 0 Å². The zero-order valence-electron chi connectivity index (χ0n) is 10.6. The fourth-order valence-corrected chi connectivity index (χ4v) is 2.32. The van der Waals surface area contributed by atoms with Gasteiger partial charge in [0.05, 0.1) is 0 Å². The number of carboxylic acids is 1. The second kappa shape index (κ2) is 6.59. The molecule has 0 spiro atoms. The highest BCUT2D eigenvalue weighted by molar-refractivity contribution is 5.84. The van der Waals surface area contributed by atoms with Crippen molar-refractivity contribution in [1.29, 1.82) is 0 Å². The molecule has 1 fully saturated rings. The lowest BCUT2D eigenvalue weighted by Gasteiger charge is -2.37. The van der Waals surface area contributed by atoms with Gasteiger partial charge in [0.1, 0.15) is 6.04 Å². The summed E-state index contributed by atoms with van der Waals surface area (Å²) in [5, 5.41) is 12.1. The van der Waals surface area contributed by atoms with Gasteiger partial charge in [0.15, 0.2) is 0 Å². The number of nitrogens with one attached hydrogen (secondary N) is 1. The summed E-state index contributed by atoms with van der Waals surface area (Å²) in [5.74, 6) is -0.494. The van der Waals surface area contributed by atoms with Gasteiger partial charge in [-0.25, -0.2) is 4.79 Å². The molecule has 1 rings (SSSR count). The highest BCUT2D eigenvalue weighted by atomic mass is 16.4. The summed E-state index contributed by atoms with van der Waals surface area (Å²) < 4.78 is 0. The number of hydrogen-bond donors (Lipinski definition) is 2. The van der Waals surface area contributed by atoms with Crippen LogP contribution in [0.5, 0.6) is 0 Å². The number of nitrogens with zero attached hydrogens (tertiary/aromatic N) is 1. The second-order valence-corrected chi connectivity index (χ2v) is 4.59. The molecule has 1 heterocycles. The average Bonchev–Trinajstić information content (AvgIpc) is 2.35. The molecule has 0 bridgehead atoms. The Morgan fingerprint density at radius 3 is 2.71 bits per heavy atom. The van der Waals surface area contributed by atoms with Crippen molar-refractivity contribution in [3.05, 3.63) is 0 Å². The quantitative estimate of drug-likeness (QED) is 0.744. The highest BCUT2D eigenvalue weighted by Crippen LogP contribution is 2.25. The number of piperidine rings is 1. The fourth-order valence-electron chi connectivity index (χ4n) is 2.32. The summed E-state index contributed by atoms with van der Waals surface area (Å²) in [6, 6.07) is -0.627. The summed E-state index contributed by atoms with van der Waals surface area (Å²) in [6.45, 7) is 3.25. The number of likely N-dealkylation sites (tertiary alicyclic amines) is 1. The monoisotopic (exact) mass is 242 g/mol. The van der Waals surface area contributed by atoms with Crippen LogP contribution in [0.4, 0.5) is 0 Å². The Morgan fingerprint density at radius 2 is 2.18 bits per heavy atom. The molecule has 1 aliphatic rings. The molecule has 17 heavy (non-hydrogen) atoms. The molecule has 0 aromatic carbocycles. The van der Waals surface area contributed by atoms with Gasteiger partial charge in [-0.3, -0.25) is 4.79 Å². The van der Waals surface area contributed by atoms with Gasteiger partial charge in [0, 0.05) is 19.5 Å². The highest BCUT2D eigenvalue weighted by Gasteiger charge is 2.34. The molecule has 2 N–H and O–H groups in total. The van der Waals surface area contributed by atoms with E-state index in [2.05, 4.69) is 12.2 Å². The van der Waals surface area contributed by atoms with Crippen LogP contribution in [0, 0.1) is 5.92 Å². The van der Waals surface area contributed by atoms with Gasteiger partial charge >= 0.3 is 5.97 Å². The number of amides is 1. The van der Waals surface area contributed by atoms with Gasteiger partial charge in [0.25, 0.3) is 0 Å². The van der Waals surface area contributed by atoms with E-state index in [0.29, 0.717) is 31.8 Å². The first-order valence-corrected chi connectivity index (χ1v) is 6.27. The molecular weight excluding hydrogens is 220 g/mol. The third kappa shape index (κ3) is 3.70. The van der Waals surface area contributed by atoms with Crippen LogP contribution in [0.15, 0.2) is 0 Å². The number of carbonyl (C=O) groups is 2. The maximum Gasteiger partial charge on any atom is 0.326 e. The maximum absolute atomic E-state index is 11.9. The summed E-state index contributed by atoms with van der Waals surface area (Å²) in [6.07, 6.45) is 2.88. The molecule has 98 valence electrons. The third-order valence-corrected chi connectivity index (χ3v) is 3.48. The molecule has 1 aliphatic heterocycles. The van der Waals surface area contributed by atoms with E-state index in [4.69, 9.17) is 0 Å². The van der Waals surface area contributed by atoms with Crippen LogP contribution in [-0.4, -0.2) is 48.1 Å². The van der Waals surface area contributed by atoms with Crippen LogP contribution in [0.3, 0.4) is 0 Å². The number of carbonyl (C=O) groups excluding carboxylic acids is 1. The van der Waals surface area contributed by atoms with Crippen LogP contribution < -0.4 is 5.32 Å². The molecule has 1 amide bonds. The summed E-state index contributed by atoms with van der Waals surface area (Å²) in [7, 11) is 1.78. The Bertz CT molecular complexity index is 281. The van der Waals surface area contributed by atoms with E-state index in [9.17, 15) is 14.7 Å². The number of carboxylic acid groups (broad SMARTS) is 1. The van der Waals surface area contributed by atoms with Crippen molar-refractivity contribution in [3.63, 3.8) is 0 Å². The molecule has 0 radical (unpaired) electrons. The van der Waals surface area contributed by atoms with Crippen molar-refractivity contribution in [1.82, 2.24) is 10.2 Å². The van der Waals surface area contributed by atoms with Gasteiger partial charge in [-0.1, -0.05) is 13.3 Å². The van der Waals surface area contributed by atoms with Gasteiger partial charge in [-0.15, -0.1) is 0 Å². The minimum atomic E-state index is -0.874. The Labute approximate surface area is 102 Å². The first kappa shape index (κ1) is 14.0. The van der Waals surface area contributed by atoms with E-state index in [-0.39, 0.29) is 5.91 Å². The van der Waals surface area contributed by atoms with Crippen LogP contribution in [0.25, 0.3) is 0 Å². The lowest BCUT2D eigenvalue weighted by molar-refractivity contribution is -0.153. The van der Waals surface area contributed by atoms with Gasteiger partial charge < -0.3 is 15.3 Å². The number of rotatable bonds is 5. The lowest BCUT2D eigenvalue weighted by Crippen LogP contribution is -2.50. The molecular formula is C12H22N2O3. The Kier molecular flexibility index (Phi) is 5.41. The zero-order valence-corrected chi connectivity index (χ0v) is 10.6. The maximum atomic E-state index is 11.9. The SMILES string of the molecule is CCC1CCN(C(=O)CCNC)C(C(=O)O)C1. The second-order valence-electron chi connectivity index (χ2n) is 4.59. The van der Waals surface area contributed by atoms with E-state index < -0.39 is 12.0 Å². The minimum Gasteiger partial charge on any atom is -0.480 e. The molecule has 0 aromatic rings. The van der Waals surface area contributed by atoms with Crippen molar-refractivity contribution in [2.24, 2.45) is 5.92 Å². The van der Waals surface area contributed by atoms with E-state index >= 15 is 0 Å². The molecule has 5 nitrogen and oxygen atoms in total. The molecule has 0 aliphatic carbocycles. The van der Waals surface area contributed by atoms with Crippen molar-refractivity contribution in [3.8, 4) is 0 Å². The van der Waals surface area contributed by atoms with Crippen molar-refractivity contribution < 1.29 is 14.7 Å². The third-order valence-electron chi connectivity index (χ3n) is 3.48. The van der Waals surface area contributed by atoms with Crippen molar-refractivity contribution in [2.45, 2.75) is 38.6 Å². The Hall–Kier alpha value is -1.10. The van der Waals surface area contributed by atoms with Gasteiger partial charge in [0.2, 0.25) is 5.91 Å². The van der Waals surface area contributed by atoms with Crippen LogP contribution in [-0.2, 0) is 9.59 Å². The smallest absolute Gasteiger partial charge is 0.326 e. The largest absolute Gasteiger partial charge is 0.480 e. The van der Waals surface area contributed by atoms with Crippen molar-refractivity contribution >= 4 is 11.9 Å². The lowest BCUT2D eigenvalue weighted by atomic mass is 9.88. The predicted molar refractivity (Wildman–Crippen MR) is 64.7 cm³/mol. The van der Waals surface area contributed by atoms with Crippen LogP contribution in [0.2, 0.25) is 0 Å². The first-order valence-electron chi connectivity index (χ1n) is 6.27. The first-order chi connectivity index (χ1) is 8.10. The van der Waals surface area contributed by atoms with E-state index in [1.807, 2.05) is 0 Å². The molecule has 2 atom stereocenters. The summed E-state index contributed by atoms with van der Waals surface area (Å²) >= 11 is 0. The predicted octanol–water partition coefficient (Wildman–Crippen LogP) is 0.698. The zero-order chi connectivity index (χ0) is 12.8. The molecule has 0 aromatic heterocycles.